The van der Waals surface area contributed by atoms with E-state index in [0.29, 0.717) is 17.8 Å². The number of aromatic nitrogens is 3. The molecule has 2 N–H and O–H groups in total. The summed E-state index contributed by atoms with van der Waals surface area (Å²) in [6.07, 6.45) is 2.44. The van der Waals surface area contributed by atoms with Crippen LogP contribution in [0.3, 0.4) is 0 Å². The maximum atomic E-state index is 4.52. The lowest BCUT2D eigenvalue weighted by Crippen LogP contribution is -2.23. The first-order chi connectivity index (χ1) is 9.19. The summed E-state index contributed by atoms with van der Waals surface area (Å²) >= 11 is 0. The lowest BCUT2D eigenvalue weighted by Gasteiger charge is -2.17. The Labute approximate surface area is 115 Å². The third-order valence-corrected chi connectivity index (χ3v) is 3.02. The van der Waals surface area contributed by atoms with E-state index in [4.69, 9.17) is 0 Å². The van der Waals surface area contributed by atoms with Crippen molar-refractivity contribution in [2.24, 2.45) is 5.92 Å². The zero-order valence-corrected chi connectivity index (χ0v) is 12.1. The van der Waals surface area contributed by atoms with Gasteiger partial charge in [-0.1, -0.05) is 13.8 Å². The summed E-state index contributed by atoms with van der Waals surface area (Å²) in [6, 6.07) is 0. The van der Waals surface area contributed by atoms with E-state index in [2.05, 4.69) is 44.3 Å². The second-order valence-electron chi connectivity index (χ2n) is 5.28. The van der Waals surface area contributed by atoms with Crippen molar-refractivity contribution in [3.05, 3.63) is 0 Å². The van der Waals surface area contributed by atoms with Crippen molar-refractivity contribution in [2.45, 2.75) is 33.6 Å². The maximum Gasteiger partial charge on any atom is 0.231 e. The van der Waals surface area contributed by atoms with Gasteiger partial charge in [0.25, 0.3) is 0 Å². The Morgan fingerprint density at radius 1 is 1.05 bits per heavy atom. The molecule has 6 heteroatoms. The molecule has 0 amide bonds. The van der Waals surface area contributed by atoms with Gasteiger partial charge in [-0.3, -0.25) is 0 Å². The lowest BCUT2D eigenvalue weighted by atomic mass is 10.2. The Morgan fingerprint density at radius 3 is 2.26 bits per heavy atom. The van der Waals surface area contributed by atoms with Gasteiger partial charge in [-0.15, -0.1) is 0 Å². The molecule has 1 aliphatic rings. The second-order valence-corrected chi connectivity index (χ2v) is 5.28. The molecule has 2 rings (SSSR count). The third kappa shape index (κ3) is 3.94. The molecule has 0 bridgehead atoms. The zero-order valence-electron chi connectivity index (χ0n) is 12.1. The van der Waals surface area contributed by atoms with E-state index in [1.54, 1.807) is 0 Å². The summed E-state index contributed by atoms with van der Waals surface area (Å²) in [7, 11) is 0. The van der Waals surface area contributed by atoms with E-state index in [0.717, 1.165) is 32.1 Å². The summed E-state index contributed by atoms with van der Waals surface area (Å²) < 4.78 is 0. The Balaban J connectivity index is 2.16. The van der Waals surface area contributed by atoms with Crippen LogP contribution in [0.5, 0.6) is 0 Å². The van der Waals surface area contributed by atoms with Gasteiger partial charge in [0.05, 0.1) is 0 Å². The Kier molecular flexibility index (Phi) is 4.76. The van der Waals surface area contributed by atoms with E-state index in [1.807, 2.05) is 6.92 Å². The van der Waals surface area contributed by atoms with Gasteiger partial charge < -0.3 is 15.5 Å². The predicted molar refractivity (Wildman–Crippen MR) is 78.8 cm³/mol. The van der Waals surface area contributed by atoms with Gasteiger partial charge in [0, 0.05) is 26.2 Å². The van der Waals surface area contributed by atoms with E-state index in [9.17, 15) is 0 Å². The Bertz CT molecular complexity index is 400. The Morgan fingerprint density at radius 2 is 1.68 bits per heavy atom. The van der Waals surface area contributed by atoms with Crippen LogP contribution >= 0.6 is 0 Å². The minimum Gasteiger partial charge on any atom is -0.354 e. The largest absolute Gasteiger partial charge is 0.354 e. The highest BCUT2D eigenvalue weighted by Crippen LogP contribution is 2.18. The fourth-order valence-corrected chi connectivity index (χ4v) is 2.03. The Hall–Kier alpha value is -1.59. The van der Waals surface area contributed by atoms with Crippen LogP contribution in [-0.4, -0.2) is 41.1 Å². The van der Waals surface area contributed by atoms with Crippen LogP contribution in [0.1, 0.15) is 33.6 Å². The first kappa shape index (κ1) is 13.8. The molecular formula is C13H24N6. The van der Waals surface area contributed by atoms with Crippen LogP contribution in [0.25, 0.3) is 0 Å². The quantitative estimate of drug-likeness (QED) is 0.819. The summed E-state index contributed by atoms with van der Waals surface area (Å²) in [5.74, 6) is 2.68. The number of nitrogens with zero attached hydrogens (tertiary/aromatic N) is 4. The topological polar surface area (TPSA) is 66.0 Å². The number of rotatable bonds is 6. The molecular weight excluding hydrogens is 240 g/mol. The van der Waals surface area contributed by atoms with E-state index >= 15 is 0 Å². The second kappa shape index (κ2) is 6.54. The van der Waals surface area contributed by atoms with E-state index in [-0.39, 0.29) is 0 Å². The molecule has 0 atom stereocenters. The van der Waals surface area contributed by atoms with E-state index in [1.165, 1.54) is 12.8 Å². The van der Waals surface area contributed by atoms with Crippen molar-refractivity contribution in [2.75, 3.05) is 41.7 Å². The van der Waals surface area contributed by atoms with Crippen molar-refractivity contribution in [3.8, 4) is 0 Å². The van der Waals surface area contributed by atoms with Crippen molar-refractivity contribution in [1.29, 1.82) is 0 Å². The highest BCUT2D eigenvalue weighted by Gasteiger charge is 2.17. The van der Waals surface area contributed by atoms with Gasteiger partial charge in [0.15, 0.2) is 0 Å². The summed E-state index contributed by atoms with van der Waals surface area (Å²) in [5.41, 5.74) is 0. The molecule has 0 spiro atoms. The molecule has 0 radical (unpaired) electrons. The smallest absolute Gasteiger partial charge is 0.231 e. The number of anilines is 3. The molecule has 1 saturated heterocycles. The van der Waals surface area contributed by atoms with Gasteiger partial charge in [-0.2, -0.15) is 15.0 Å². The SMILES string of the molecule is CCNc1nc(NCC(C)C)nc(N2CCCC2)n1. The highest BCUT2D eigenvalue weighted by atomic mass is 15.3. The molecule has 1 aromatic heterocycles. The van der Waals surface area contributed by atoms with Crippen molar-refractivity contribution >= 4 is 17.8 Å². The molecule has 2 heterocycles. The molecule has 6 nitrogen and oxygen atoms in total. The molecule has 1 aromatic rings. The number of hydrogen-bond donors (Lipinski definition) is 2. The molecule has 106 valence electrons. The molecule has 0 aromatic carbocycles. The van der Waals surface area contributed by atoms with Gasteiger partial charge in [-0.05, 0) is 25.7 Å². The minimum atomic E-state index is 0.564. The van der Waals surface area contributed by atoms with Crippen molar-refractivity contribution in [3.63, 3.8) is 0 Å². The summed E-state index contributed by atoms with van der Waals surface area (Å²) in [5, 5.41) is 6.45. The van der Waals surface area contributed by atoms with Gasteiger partial charge in [-0.25, -0.2) is 0 Å². The van der Waals surface area contributed by atoms with E-state index < -0.39 is 0 Å². The van der Waals surface area contributed by atoms with Crippen molar-refractivity contribution in [1.82, 2.24) is 15.0 Å². The number of nitrogens with one attached hydrogen (secondary N) is 2. The standard InChI is InChI=1S/C13H24N6/c1-4-14-11-16-12(15-9-10(2)3)18-13(17-11)19-7-5-6-8-19/h10H,4-9H2,1-3H3,(H2,14,15,16,17,18). The van der Waals surface area contributed by atoms with Crippen LogP contribution in [0, 0.1) is 5.92 Å². The van der Waals surface area contributed by atoms with Crippen molar-refractivity contribution < 1.29 is 0 Å². The average Bonchev–Trinajstić information content (AvgIpc) is 2.90. The normalized spacial score (nSPS) is 15.1. The molecule has 1 fully saturated rings. The molecule has 19 heavy (non-hydrogen) atoms. The van der Waals surface area contributed by atoms with Gasteiger partial charge in [0.1, 0.15) is 0 Å². The van der Waals surface area contributed by atoms with Crippen LogP contribution < -0.4 is 15.5 Å². The predicted octanol–water partition coefficient (Wildman–Crippen LogP) is 1.97. The molecule has 0 saturated carbocycles. The van der Waals surface area contributed by atoms with Gasteiger partial charge >= 0.3 is 0 Å². The fourth-order valence-electron chi connectivity index (χ4n) is 2.03. The molecule has 0 aliphatic carbocycles. The fraction of sp³-hybridized carbons (Fsp3) is 0.769. The van der Waals surface area contributed by atoms with Crippen LogP contribution in [0.4, 0.5) is 17.8 Å². The summed E-state index contributed by atoms with van der Waals surface area (Å²) in [6.45, 7) is 10.1. The average molecular weight is 264 g/mol. The third-order valence-electron chi connectivity index (χ3n) is 3.02. The first-order valence-corrected chi connectivity index (χ1v) is 7.17. The maximum absolute atomic E-state index is 4.52. The minimum absolute atomic E-state index is 0.564. The van der Waals surface area contributed by atoms with Crippen LogP contribution in [0.2, 0.25) is 0 Å². The summed E-state index contributed by atoms with van der Waals surface area (Å²) in [4.78, 5) is 15.6. The lowest BCUT2D eigenvalue weighted by molar-refractivity contribution is 0.683. The van der Waals surface area contributed by atoms with Gasteiger partial charge in [0.2, 0.25) is 17.8 Å². The van der Waals surface area contributed by atoms with Crippen LogP contribution in [-0.2, 0) is 0 Å². The van der Waals surface area contributed by atoms with Crippen LogP contribution in [0.15, 0.2) is 0 Å². The zero-order chi connectivity index (χ0) is 13.7. The molecule has 0 unspecified atom stereocenters. The highest BCUT2D eigenvalue weighted by molar-refractivity contribution is 5.44. The first-order valence-electron chi connectivity index (χ1n) is 7.17. The molecule has 1 aliphatic heterocycles. The monoisotopic (exact) mass is 264 g/mol. The number of hydrogen-bond acceptors (Lipinski definition) is 6.